The highest BCUT2D eigenvalue weighted by atomic mass is 79.9. The van der Waals surface area contributed by atoms with E-state index in [9.17, 15) is 4.79 Å². The molecule has 0 atom stereocenters. The van der Waals surface area contributed by atoms with Gasteiger partial charge in [0.05, 0.1) is 8.95 Å². The van der Waals surface area contributed by atoms with Crippen LogP contribution < -0.4 is 4.74 Å². The number of ether oxygens (including phenoxy) is 1. The molecule has 0 saturated carbocycles. The highest BCUT2D eigenvalue weighted by Crippen LogP contribution is 2.40. The first kappa shape index (κ1) is 13.0. The van der Waals surface area contributed by atoms with Crippen LogP contribution in [0.15, 0.2) is 19.5 Å². The van der Waals surface area contributed by atoms with Gasteiger partial charge in [-0.05, 0) is 49.9 Å². The van der Waals surface area contributed by atoms with Crippen molar-refractivity contribution in [1.82, 2.24) is 0 Å². The Kier molecular flexibility index (Phi) is 4.61. The summed E-state index contributed by atoms with van der Waals surface area (Å²) < 4.78 is 6.81. The first-order chi connectivity index (χ1) is 6.97. The van der Waals surface area contributed by atoms with Gasteiger partial charge in [0.25, 0.3) is 0 Å². The van der Waals surface area contributed by atoms with E-state index >= 15 is 0 Å². The standard InChI is InChI=1S/C9H7Br3O3/c1-2-4-5(10)3-6(11)8(7(4)12)15-9(13)14/h3H,2H2,1H3,(H,13,14). The zero-order chi connectivity index (χ0) is 11.6. The number of rotatable bonds is 2. The van der Waals surface area contributed by atoms with Gasteiger partial charge >= 0.3 is 6.16 Å². The molecular formula is C9H7Br3O3. The molecule has 0 saturated heterocycles. The van der Waals surface area contributed by atoms with Crippen LogP contribution in [0.25, 0.3) is 0 Å². The molecule has 0 unspecified atom stereocenters. The van der Waals surface area contributed by atoms with Crippen LogP contribution in [0.3, 0.4) is 0 Å². The van der Waals surface area contributed by atoms with Crippen LogP contribution in [0.2, 0.25) is 0 Å². The van der Waals surface area contributed by atoms with E-state index in [1.807, 2.05) is 6.92 Å². The van der Waals surface area contributed by atoms with Crippen LogP contribution in [0.1, 0.15) is 12.5 Å². The molecule has 6 heteroatoms. The molecule has 0 radical (unpaired) electrons. The van der Waals surface area contributed by atoms with Gasteiger partial charge in [0.15, 0.2) is 5.75 Å². The normalized spacial score (nSPS) is 10.1. The second kappa shape index (κ2) is 5.32. The summed E-state index contributed by atoms with van der Waals surface area (Å²) in [6.45, 7) is 1.98. The molecule has 0 bridgehead atoms. The monoisotopic (exact) mass is 400 g/mol. The molecule has 82 valence electrons. The summed E-state index contributed by atoms with van der Waals surface area (Å²) in [6, 6.07) is 1.77. The van der Waals surface area contributed by atoms with Crippen LogP contribution in [-0.4, -0.2) is 11.3 Å². The van der Waals surface area contributed by atoms with Gasteiger partial charge in [0.2, 0.25) is 0 Å². The molecule has 1 rings (SSSR count). The van der Waals surface area contributed by atoms with Gasteiger partial charge in [-0.15, -0.1) is 0 Å². The smallest absolute Gasteiger partial charge is 0.449 e. The van der Waals surface area contributed by atoms with Crippen LogP contribution in [0, 0.1) is 0 Å². The van der Waals surface area contributed by atoms with E-state index < -0.39 is 6.16 Å². The lowest BCUT2D eigenvalue weighted by Gasteiger charge is -2.11. The molecule has 0 aliphatic rings. The van der Waals surface area contributed by atoms with Crippen molar-refractivity contribution in [1.29, 1.82) is 0 Å². The molecule has 0 fully saturated rings. The first-order valence-electron chi connectivity index (χ1n) is 4.04. The largest absolute Gasteiger partial charge is 0.511 e. The zero-order valence-corrected chi connectivity index (χ0v) is 12.4. The molecule has 1 aromatic rings. The zero-order valence-electron chi connectivity index (χ0n) is 7.68. The second-order valence-electron chi connectivity index (χ2n) is 2.68. The van der Waals surface area contributed by atoms with Crippen LogP contribution >= 0.6 is 47.8 Å². The van der Waals surface area contributed by atoms with Crippen LogP contribution in [0.4, 0.5) is 4.79 Å². The van der Waals surface area contributed by atoms with Gasteiger partial charge in [-0.3, -0.25) is 0 Å². The van der Waals surface area contributed by atoms with Crippen molar-refractivity contribution in [3.05, 3.63) is 25.0 Å². The SMILES string of the molecule is CCc1c(Br)cc(Br)c(OC(=O)O)c1Br. The summed E-state index contributed by atoms with van der Waals surface area (Å²) in [5, 5.41) is 8.57. The molecule has 1 aromatic carbocycles. The lowest BCUT2D eigenvalue weighted by atomic mass is 10.2. The Morgan fingerprint density at radius 1 is 1.40 bits per heavy atom. The van der Waals surface area contributed by atoms with Gasteiger partial charge in [0, 0.05) is 4.47 Å². The Labute approximate surface area is 112 Å². The van der Waals surface area contributed by atoms with Crippen molar-refractivity contribution in [2.75, 3.05) is 0 Å². The second-order valence-corrected chi connectivity index (χ2v) is 5.19. The summed E-state index contributed by atoms with van der Waals surface area (Å²) >= 11 is 9.96. The maximum Gasteiger partial charge on any atom is 0.511 e. The average Bonchev–Trinajstić information content (AvgIpc) is 2.12. The van der Waals surface area contributed by atoms with Crippen molar-refractivity contribution in [2.24, 2.45) is 0 Å². The van der Waals surface area contributed by atoms with Gasteiger partial charge in [0.1, 0.15) is 0 Å². The summed E-state index contributed by atoms with van der Waals surface area (Å²) in [7, 11) is 0. The van der Waals surface area contributed by atoms with E-state index in [1.54, 1.807) is 6.07 Å². The Morgan fingerprint density at radius 2 is 2.00 bits per heavy atom. The molecule has 15 heavy (non-hydrogen) atoms. The Balaban J connectivity index is 3.32. The predicted molar refractivity (Wildman–Crippen MR) is 67.6 cm³/mol. The number of halogens is 3. The van der Waals surface area contributed by atoms with Gasteiger partial charge in [-0.25, -0.2) is 4.79 Å². The number of hydrogen-bond acceptors (Lipinski definition) is 2. The van der Waals surface area contributed by atoms with Gasteiger partial charge < -0.3 is 9.84 Å². The highest BCUT2D eigenvalue weighted by Gasteiger charge is 2.16. The Hall–Kier alpha value is -0.0700. The van der Waals surface area contributed by atoms with Crippen molar-refractivity contribution in [2.45, 2.75) is 13.3 Å². The summed E-state index contributed by atoms with van der Waals surface area (Å²) in [5.41, 5.74) is 0.967. The minimum Gasteiger partial charge on any atom is -0.449 e. The summed E-state index contributed by atoms with van der Waals surface area (Å²) in [5.74, 6) is 0.280. The average molecular weight is 403 g/mol. The Bertz CT molecular complexity index is 404. The molecule has 0 heterocycles. The number of carbonyl (C=O) groups is 1. The minimum atomic E-state index is -1.33. The summed E-state index contributed by atoms with van der Waals surface area (Å²) in [4.78, 5) is 10.5. The van der Waals surface area contributed by atoms with Crippen molar-refractivity contribution in [3.8, 4) is 5.75 Å². The molecule has 0 aromatic heterocycles. The maximum atomic E-state index is 10.5. The molecular weight excluding hydrogens is 396 g/mol. The van der Waals surface area contributed by atoms with E-state index in [-0.39, 0.29) is 5.75 Å². The Morgan fingerprint density at radius 3 is 2.47 bits per heavy atom. The van der Waals surface area contributed by atoms with E-state index in [2.05, 4.69) is 52.5 Å². The van der Waals surface area contributed by atoms with Crippen LogP contribution in [-0.2, 0) is 6.42 Å². The van der Waals surface area contributed by atoms with E-state index in [0.29, 0.717) is 8.95 Å². The summed E-state index contributed by atoms with van der Waals surface area (Å²) in [6.07, 6.45) is -0.564. The maximum absolute atomic E-state index is 10.5. The molecule has 0 aliphatic carbocycles. The molecule has 0 spiro atoms. The van der Waals surface area contributed by atoms with Gasteiger partial charge in [-0.1, -0.05) is 22.9 Å². The minimum absolute atomic E-state index is 0.280. The van der Waals surface area contributed by atoms with Gasteiger partial charge in [-0.2, -0.15) is 0 Å². The number of benzene rings is 1. The highest BCUT2D eigenvalue weighted by molar-refractivity contribution is 9.11. The molecule has 0 amide bonds. The van der Waals surface area contributed by atoms with Crippen molar-refractivity contribution in [3.63, 3.8) is 0 Å². The van der Waals surface area contributed by atoms with Crippen molar-refractivity contribution >= 4 is 53.9 Å². The fourth-order valence-corrected chi connectivity index (χ4v) is 3.96. The third-order valence-corrected chi connectivity index (χ3v) is 3.90. The number of carboxylic acid groups (broad SMARTS) is 1. The van der Waals surface area contributed by atoms with E-state index in [1.165, 1.54) is 0 Å². The fourth-order valence-electron chi connectivity index (χ4n) is 1.12. The van der Waals surface area contributed by atoms with E-state index in [0.717, 1.165) is 16.5 Å². The molecule has 0 aliphatic heterocycles. The lowest BCUT2D eigenvalue weighted by Crippen LogP contribution is -2.05. The van der Waals surface area contributed by atoms with Crippen molar-refractivity contribution < 1.29 is 14.6 Å². The predicted octanol–water partition coefficient (Wildman–Crippen LogP) is 4.59. The molecule has 1 N–H and O–H groups in total. The lowest BCUT2D eigenvalue weighted by molar-refractivity contribution is 0.144. The molecule has 3 nitrogen and oxygen atoms in total. The number of hydrogen-bond donors (Lipinski definition) is 1. The first-order valence-corrected chi connectivity index (χ1v) is 6.42. The topological polar surface area (TPSA) is 46.5 Å². The van der Waals surface area contributed by atoms with E-state index in [4.69, 9.17) is 5.11 Å². The third kappa shape index (κ3) is 2.95. The fraction of sp³-hybridized carbons (Fsp3) is 0.222. The van der Waals surface area contributed by atoms with Crippen LogP contribution in [0.5, 0.6) is 5.75 Å². The quantitative estimate of drug-likeness (QED) is 0.581. The third-order valence-electron chi connectivity index (χ3n) is 1.77.